The molecule has 0 fully saturated rings. The Morgan fingerprint density at radius 2 is 1.83 bits per heavy atom. The van der Waals surface area contributed by atoms with Crippen LogP contribution in [0.25, 0.3) is 0 Å². The zero-order valence-electron chi connectivity index (χ0n) is 13.1. The molecule has 0 bridgehead atoms. The van der Waals surface area contributed by atoms with Crippen LogP contribution in [-0.2, 0) is 18.9 Å². The minimum atomic E-state index is -0.477. The highest BCUT2D eigenvalue weighted by Gasteiger charge is 2.33. The number of benzene rings is 1. The number of hydrogen-bond donors (Lipinski definition) is 1. The number of hydrogen-bond acceptors (Lipinski definition) is 4. The molecule has 23 heavy (non-hydrogen) atoms. The zero-order chi connectivity index (χ0) is 16.7. The van der Waals surface area contributed by atoms with E-state index in [0.717, 1.165) is 10.1 Å². The van der Waals surface area contributed by atoms with Crippen molar-refractivity contribution in [2.45, 2.75) is 12.3 Å². The largest absolute Gasteiger partial charge is 0.496 e. The molecule has 7 nitrogen and oxygen atoms in total. The van der Waals surface area contributed by atoms with Gasteiger partial charge in [-0.3, -0.25) is 18.7 Å². The first-order valence-electron chi connectivity index (χ1n) is 7.18. The normalized spacial score (nSPS) is 16.7. The fourth-order valence-electron chi connectivity index (χ4n) is 3.03. The number of nitrogens with one attached hydrogen (secondary N) is 1. The van der Waals surface area contributed by atoms with Crippen LogP contribution in [0.1, 0.15) is 23.5 Å². The fourth-order valence-corrected chi connectivity index (χ4v) is 3.03. The molecule has 120 valence electrons. The van der Waals surface area contributed by atoms with Crippen LogP contribution in [0.5, 0.6) is 5.75 Å². The summed E-state index contributed by atoms with van der Waals surface area (Å²) >= 11 is 0. The molecule has 0 saturated carbocycles. The Hall–Kier alpha value is -2.83. The maximum atomic E-state index is 12.6. The molecule has 3 rings (SSSR count). The van der Waals surface area contributed by atoms with E-state index in [1.807, 2.05) is 18.2 Å². The van der Waals surface area contributed by atoms with Crippen molar-refractivity contribution >= 4 is 11.7 Å². The van der Waals surface area contributed by atoms with Gasteiger partial charge in [-0.1, -0.05) is 18.2 Å². The summed E-state index contributed by atoms with van der Waals surface area (Å²) in [6.45, 7) is 0. The van der Waals surface area contributed by atoms with Gasteiger partial charge in [-0.25, -0.2) is 4.79 Å². The first-order chi connectivity index (χ1) is 11.0. The molecule has 1 amide bonds. The summed E-state index contributed by atoms with van der Waals surface area (Å²) in [4.78, 5) is 36.8. The van der Waals surface area contributed by atoms with Gasteiger partial charge in [0.2, 0.25) is 5.91 Å². The molecule has 0 radical (unpaired) electrons. The number of para-hydroxylation sites is 1. The van der Waals surface area contributed by atoms with Gasteiger partial charge in [-0.2, -0.15) is 0 Å². The van der Waals surface area contributed by atoms with E-state index in [1.165, 1.54) is 18.7 Å². The van der Waals surface area contributed by atoms with Crippen LogP contribution in [0.15, 0.2) is 33.9 Å². The van der Waals surface area contributed by atoms with Crippen molar-refractivity contribution in [3.8, 4) is 5.75 Å². The Labute approximate surface area is 132 Å². The van der Waals surface area contributed by atoms with Gasteiger partial charge in [0.05, 0.1) is 12.7 Å². The highest BCUT2D eigenvalue weighted by atomic mass is 16.5. The van der Waals surface area contributed by atoms with Crippen LogP contribution < -0.4 is 21.3 Å². The number of nitrogens with zero attached hydrogens (tertiary/aromatic N) is 2. The molecule has 2 heterocycles. The second-order valence-corrected chi connectivity index (χ2v) is 5.51. The quantitative estimate of drug-likeness (QED) is 0.878. The van der Waals surface area contributed by atoms with Gasteiger partial charge in [-0.15, -0.1) is 0 Å². The van der Waals surface area contributed by atoms with Crippen molar-refractivity contribution in [3.05, 3.63) is 56.2 Å². The molecule has 0 aliphatic carbocycles. The average molecular weight is 315 g/mol. The predicted molar refractivity (Wildman–Crippen MR) is 85.0 cm³/mol. The Balaban J connectivity index is 2.34. The van der Waals surface area contributed by atoms with E-state index in [0.29, 0.717) is 11.3 Å². The Kier molecular flexibility index (Phi) is 3.55. The van der Waals surface area contributed by atoms with Crippen molar-refractivity contribution in [2.24, 2.45) is 14.1 Å². The first-order valence-corrected chi connectivity index (χ1v) is 7.18. The summed E-state index contributed by atoms with van der Waals surface area (Å²) in [6, 6.07) is 7.27. The number of carbonyl (C=O) groups excluding carboxylic acids is 1. The summed E-state index contributed by atoms with van der Waals surface area (Å²) < 4.78 is 7.71. The van der Waals surface area contributed by atoms with Crippen molar-refractivity contribution in [3.63, 3.8) is 0 Å². The van der Waals surface area contributed by atoms with Crippen LogP contribution in [0.4, 0.5) is 5.82 Å². The lowest BCUT2D eigenvalue weighted by Crippen LogP contribution is -2.44. The minimum Gasteiger partial charge on any atom is -0.496 e. The van der Waals surface area contributed by atoms with Crippen LogP contribution in [-0.4, -0.2) is 22.2 Å². The van der Waals surface area contributed by atoms with E-state index in [9.17, 15) is 14.4 Å². The third-order valence-corrected chi connectivity index (χ3v) is 4.21. The van der Waals surface area contributed by atoms with Gasteiger partial charge in [0.15, 0.2) is 0 Å². The number of amides is 1. The Bertz CT molecular complexity index is 911. The summed E-state index contributed by atoms with van der Waals surface area (Å²) in [6.07, 6.45) is 0.126. The average Bonchev–Trinajstić information content (AvgIpc) is 2.57. The van der Waals surface area contributed by atoms with Crippen molar-refractivity contribution in [1.29, 1.82) is 0 Å². The lowest BCUT2D eigenvalue weighted by Gasteiger charge is -2.27. The first kappa shape index (κ1) is 15.1. The van der Waals surface area contributed by atoms with Crippen LogP contribution in [0, 0.1) is 0 Å². The van der Waals surface area contributed by atoms with E-state index in [4.69, 9.17) is 4.74 Å². The summed E-state index contributed by atoms with van der Waals surface area (Å²) in [5.41, 5.74) is 0.272. The van der Waals surface area contributed by atoms with Gasteiger partial charge >= 0.3 is 5.69 Å². The molecule has 1 atom stereocenters. The third kappa shape index (κ3) is 2.25. The summed E-state index contributed by atoms with van der Waals surface area (Å²) in [5, 5.41) is 2.64. The molecule has 1 aliphatic rings. The molecule has 1 aliphatic heterocycles. The predicted octanol–water partition coefficient (Wildman–Crippen LogP) is 0.567. The molecule has 7 heteroatoms. The lowest BCUT2D eigenvalue weighted by molar-refractivity contribution is -0.116. The third-order valence-electron chi connectivity index (χ3n) is 4.21. The lowest BCUT2D eigenvalue weighted by atomic mass is 9.86. The van der Waals surface area contributed by atoms with E-state index in [1.54, 1.807) is 13.2 Å². The molecule has 1 aromatic carbocycles. The second-order valence-electron chi connectivity index (χ2n) is 5.51. The van der Waals surface area contributed by atoms with Crippen LogP contribution in [0.3, 0.4) is 0 Å². The monoisotopic (exact) mass is 315 g/mol. The number of carbonyl (C=O) groups is 1. The number of ether oxygens (including phenoxy) is 1. The van der Waals surface area contributed by atoms with Gasteiger partial charge in [0.25, 0.3) is 5.56 Å². The molecule has 1 N–H and O–H groups in total. The molecular weight excluding hydrogens is 298 g/mol. The zero-order valence-corrected chi connectivity index (χ0v) is 13.1. The van der Waals surface area contributed by atoms with E-state index >= 15 is 0 Å². The molecular formula is C16H17N3O4. The summed E-state index contributed by atoms with van der Waals surface area (Å²) in [7, 11) is 4.51. The molecule has 0 spiro atoms. The van der Waals surface area contributed by atoms with Gasteiger partial charge in [-0.05, 0) is 6.07 Å². The fraction of sp³-hybridized carbons (Fsp3) is 0.312. The number of rotatable bonds is 2. The Morgan fingerprint density at radius 3 is 2.52 bits per heavy atom. The van der Waals surface area contributed by atoms with Crippen LogP contribution >= 0.6 is 0 Å². The Morgan fingerprint density at radius 1 is 1.13 bits per heavy atom. The van der Waals surface area contributed by atoms with Gasteiger partial charge in [0.1, 0.15) is 11.6 Å². The van der Waals surface area contributed by atoms with Crippen molar-refractivity contribution in [1.82, 2.24) is 9.13 Å². The molecule has 0 unspecified atom stereocenters. The SMILES string of the molecule is COc1ccccc1[C@@H]1CC(=O)Nc2c1c(=O)n(C)c(=O)n2C. The van der Waals surface area contributed by atoms with Gasteiger partial charge < -0.3 is 10.1 Å². The maximum absolute atomic E-state index is 12.6. The number of anilines is 1. The smallest absolute Gasteiger partial charge is 0.332 e. The second kappa shape index (κ2) is 5.42. The highest BCUT2D eigenvalue weighted by Crippen LogP contribution is 2.38. The molecule has 2 aromatic rings. The highest BCUT2D eigenvalue weighted by molar-refractivity contribution is 5.94. The molecule has 0 saturated heterocycles. The minimum absolute atomic E-state index is 0.126. The molecule has 1 aromatic heterocycles. The number of aromatic nitrogens is 2. The van der Waals surface area contributed by atoms with E-state index in [2.05, 4.69) is 5.32 Å². The van der Waals surface area contributed by atoms with Crippen LogP contribution in [0.2, 0.25) is 0 Å². The van der Waals surface area contributed by atoms with Crippen molar-refractivity contribution in [2.75, 3.05) is 12.4 Å². The maximum Gasteiger partial charge on any atom is 0.332 e. The standard InChI is InChI=1S/C16H17N3O4/c1-18-14-13(15(21)19(2)16(18)22)10(8-12(20)17-14)9-6-4-5-7-11(9)23-3/h4-7,10H,8H2,1-3H3,(H,17,20)/t10-/m0/s1. The topological polar surface area (TPSA) is 82.3 Å². The number of methoxy groups -OCH3 is 1. The van der Waals surface area contributed by atoms with E-state index < -0.39 is 17.2 Å². The summed E-state index contributed by atoms with van der Waals surface area (Å²) in [5.74, 6) is 0.163. The van der Waals surface area contributed by atoms with Gasteiger partial charge in [0, 0.05) is 32.0 Å². The number of fused-ring (bicyclic) bond motifs is 1. The van der Waals surface area contributed by atoms with E-state index in [-0.39, 0.29) is 18.1 Å². The van der Waals surface area contributed by atoms with Crippen molar-refractivity contribution < 1.29 is 9.53 Å².